The summed E-state index contributed by atoms with van der Waals surface area (Å²) in [5.41, 5.74) is 0. The van der Waals surface area contributed by atoms with Crippen LogP contribution in [0.1, 0.15) is 26.7 Å². The molecule has 7 heteroatoms. The molecule has 0 aliphatic carbocycles. The van der Waals surface area contributed by atoms with Crippen molar-refractivity contribution in [2.75, 3.05) is 71.4 Å². The fourth-order valence-corrected chi connectivity index (χ4v) is 3.36. The van der Waals surface area contributed by atoms with Crippen molar-refractivity contribution in [2.45, 2.75) is 26.7 Å². The van der Waals surface area contributed by atoms with Gasteiger partial charge in [-0.05, 0) is 37.3 Å². The maximum absolute atomic E-state index is 4.31. The van der Waals surface area contributed by atoms with Gasteiger partial charge < -0.3 is 20.4 Å². The zero-order valence-electron chi connectivity index (χ0n) is 16.0. The minimum atomic E-state index is 0. The molecule has 1 fully saturated rings. The van der Waals surface area contributed by atoms with Crippen molar-refractivity contribution < 1.29 is 0 Å². The number of rotatable bonds is 10. The lowest BCUT2D eigenvalue weighted by molar-refractivity contribution is 0.124. The molecule has 5 nitrogen and oxygen atoms in total. The Morgan fingerprint density at radius 1 is 1.12 bits per heavy atom. The van der Waals surface area contributed by atoms with Gasteiger partial charge in [0.05, 0.1) is 0 Å². The second-order valence-corrected chi connectivity index (χ2v) is 7.41. The summed E-state index contributed by atoms with van der Waals surface area (Å²) in [6.07, 6.45) is 4.64. The van der Waals surface area contributed by atoms with Crippen LogP contribution in [0.2, 0.25) is 0 Å². The molecule has 1 heterocycles. The molecule has 0 aromatic carbocycles. The summed E-state index contributed by atoms with van der Waals surface area (Å²) < 4.78 is 0. The van der Waals surface area contributed by atoms with E-state index in [2.05, 4.69) is 45.5 Å². The van der Waals surface area contributed by atoms with Crippen LogP contribution in [-0.2, 0) is 0 Å². The topological polar surface area (TPSA) is 42.9 Å². The van der Waals surface area contributed by atoms with Crippen LogP contribution >= 0.6 is 35.7 Å². The highest BCUT2D eigenvalue weighted by Gasteiger charge is 2.17. The van der Waals surface area contributed by atoms with Crippen molar-refractivity contribution in [3.8, 4) is 0 Å². The van der Waals surface area contributed by atoms with Crippen LogP contribution in [0.25, 0.3) is 0 Å². The fourth-order valence-electron chi connectivity index (χ4n) is 2.86. The van der Waals surface area contributed by atoms with E-state index in [9.17, 15) is 0 Å². The summed E-state index contributed by atoms with van der Waals surface area (Å²) in [7, 11) is 1.85. The van der Waals surface area contributed by atoms with Gasteiger partial charge in [-0.2, -0.15) is 11.8 Å². The van der Waals surface area contributed by atoms with Crippen molar-refractivity contribution >= 4 is 41.7 Å². The smallest absolute Gasteiger partial charge is 0.190 e. The minimum Gasteiger partial charge on any atom is -0.356 e. The minimum absolute atomic E-state index is 0. The third-order valence-electron chi connectivity index (χ3n) is 4.39. The molecule has 1 unspecified atom stereocenters. The molecule has 0 spiro atoms. The van der Waals surface area contributed by atoms with Crippen molar-refractivity contribution in [1.82, 2.24) is 20.4 Å². The van der Waals surface area contributed by atoms with Gasteiger partial charge in [-0.25, -0.2) is 0 Å². The number of aliphatic imine (C=N–C) groups is 1. The fraction of sp³-hybridized carbons (Fsp3) is 0.941. The zero-order chi connectivity index (χ0) is 16.9. The second kappa shape index (κ2) is 15.5. The summed E-state index contributed by atoms with van der Waals surface area (Å²) in [5, 5.41) is 6.88. The summed E-state index contributed by atoms with van der Waals surface area (Å²) >= 11 is 1.92. The molecule has 1 saturated heterocycles. The molecular formula is C17H38IN5S. The molecule has 0 radical (unpaired) electrons. The van der Waals surface area contributed by atoms with Crippen LogP contribution in [0.5, 0.6) is 0 Å². The molecule has 144 valence electrons. The highest BCUT2D eigenvalue weighted by molar-refractivity contribution is 14.0. The first-order valence-electron chi connectivity index (χ1n) is 9.07. The number of unbranched alkanes of at least 4 members (excludes halogenated alkanes) is 1. The van der Waals surface area contributed by atoms with E-state index in [4.69, 9.17) is 0 Å². The standard InChI is InChI=1S/C17H37N5S.HI/c1-5-21-9-11-22(12-10-21)15-16(2)14-20-17(18-3)19-8-6-7-13-23-4;/h16H,5-15H2,1-4H3,(H2,18,19,20);1H. The van der Waals surface area contributed by atoms with Crippen molar-refractivity contribution in [3.63, 3.8) is 0 Å². The largest absolute Gasteiger partial charge is 0.356 e. The molecule has 1 atom stereocenters. The number of piperazine rings is 1. The lowest BCUT2D eigenvalue weighted by Crippen LogP contribution is -2.48. The molecule has 0 amide bonds. The van der Waals surface area contributed by atoms with Gasteiger partial charge in [-0.1, -0.05) is 13.8 Å². The van der Waals surface area contributed by atoms with Crippen LogP contribution < -0.4 is 10.6 Å². The average molecular weight is 471 g/mol. The van der Waals surface area contributed by atoms with Gasteiger partial charge in [0.2, 0.25) is 0 Å². The van der Waals surface area contributed by atoms with E-state index in [0.29, 0.717) is 5.92 Å². The van der Waals surface area contributed by atoms with E-state index in [1.54, 1.807) is 0 Å². The van der Waals surface area contributed by atoms with Gasteiger partial charge in [0, 0.05) is 52.9 Å². The summed E-state index contributed by atoms with van der Waals surface area (Å²) in [6.45, 7) is 13.8. The Morgan fingerprint density at radius 2 is 1.79 bits per heavy atom. The molecule has 0 aromatic rings. The maximum atomic E-state index is 4.31. The van der Waals surface area contributed by atoms with Crippen LogP contribution in [0, 0.1) is 5.92 Å². The first-order chi connectivity index (χ1) is 11.2. The normalized spacial score (nSPS) is 18.1. The van der Waals surface area contributed by atoms with Crippen molar-refractivity contribution in [1.29, 1.82) is 0 Å². The Kier molecular flexibility index (Phi) is 15.7. The van der Waals surface area contributed by atoms with E-state index in [1.807, 2.05) is 18.8 Å². The molecule has 0 bridgehead atoms. The third kappa shape index (κ3) is 11.0. The summed E-state index contributed by atoms with van der Waals surface area (Å²) in [6, 6.07) is 0. The highest BCUT2D eigenvalue weighted by Crippen LogP contribution is 2.05. The first kappa shape index (κ1) is 24.3. The quantitative estimate of drug-likeness (QED) is 0.221. The molecule has 1 rings (SSSR count). The van der Waals surface area contributed by atoms with Gasteiger partial charge in [0.1, 0.15) is 0 Å². The average Bonchev–Trinajstić information content (AvgIpc) is 2.58. The van der Waals surface area contributed by atoms with Crippen molar-refractivity contribution in [2.24, 2.45) is 10.9 Å². The molecule has 24 heavy (non-hydrogen) atoms. The molecule has 1 aliphatic heterocycles. The van der Waals surface area contributed by atoms with Gasteiger partial charge in [-0.3, -0.25) is 4.99 Å². The molecule has 1 aliphatic rings. The number of nitrogens with one attached hydrogen (secondary N) is 2. The Labute approximate surface area is 170 Å². The molecular weight excluding hydrogens is 433 g/mol. The lowest BCUT2D eigenvalue weighted by atomic mass is 10.1. The molecule has 0 aromatic heterocycles. The van der Waals surface area contributed by atoms with Crippen LogP contribution in [-0.4, -0.2) is 87.2 Å². The SMILES string of the molecule is CCN1CCN(CC(C)CNC(=NC)NCCCCSC)CC1.I. The number of likely N-dealkylation sites (N-methyl/N-ethyl adjacent to an activating group) is 1. The predicted octanol–water partition coefficient (Wildman–Crippen LogP) is 2.19. The van der Waals surface area contributed by atoms with Gasteiger partial charge in [-0.15, -0.1) is 24.0 Å². The first-order valence-corrected chi connectivity index (χ1v) is 10.5. The van der Waals surface area contributed by atoms with Crippen LogP contribution in [0.15, 0.2) is 4.99 Å². The Hall–Kier alpha value is 0.270. The maximum Gasteiger partial charge on any atom is 0.190 e. The number of guanidine groups is 1. The monoisotopic (exact) mass is 471 g/mol. The molecule has 0 saturated carbocycles. The van der Waals surface area contributed by atoms with Gasteiger partial charge >= 0.3 is 0 Å². The summed E-state index contributed by atoms with van der Waals surface area (Å²) in [5.74, 6) is 2.82. The van der Waals surface area contributed by atoms with Gasteiger partial charge in [0.15, 0.2) is 5.96 Å². The van der Waals surface area contributed by atoms with E-state index >= 15 is 0 Å². The summed E-state index contributed by atoms with van der Waals surface area (Å²) in [4.78, 5) is 9.44. The van der Waals surface area contributed by atoms with Crippen LogP contribution in [0.4, 0.5) is 0 Å². The third-order valence-corrected chi connectivity index (χ3v) is 5.09. The Morgan fingerprint density at radius 3 is 2.38 bits per heavy atom. The van der Waals surface area contributed by atoms with Crippen LogP contribution in [0.3, 0.4) is 0 Å². The zero-order valence-corrected chi connectivity index (χ0v) is 19.2. The highest BCUT2D eigenvalue weighted by atomic mass is 127. The number of nitrogens with zero attached hydrogens (tertiary/aromatic N) is 3. The number of hydrogen-bond donors (Lipinski definition) is 2. The number of hydrogen-bond acceptors (Lipinski definition) is 4. The van der Waals surface area contributed by atoms with E-state index in [0.717, 1.165) is 19.0 Å². The van der Waals surface area contributed by atoms with E-state index in [-0.39, 0.29) is 24.0 Å². The van der Waals surface area contributed by atoms with Crippen molar-refractivity contribution in [3.05, 3.63) is 0 Å². The van der Waals surface area contributed by atoms with E-state index in [1.165, 1.54) is 57.9 Å². The Balaban J connectivity index is 0.00000529. The van der Waals surface area contributed by atoms with E-state index < -0.39 is 0 Å². The van der Waals surface area contributed by atoms with Gasteiger partial charge in [0.25, 0.3) is 0 Å². The number of thioether (sulfide) groups is 1. The predicted molar refractivity (Wildman–Crippen MR) is 120 cm³/mol. The Bertz CT molecular complexity index is 322. The second-order valence-electron chi connectivity index (χ2n) is 6.42. The molecule has 2 N–H and O–H groups in total. The number of halogens is 1. The lowest BCUT2D eigenvalue weighted by Gasteiger charge is -2.35.